The minimum atomic E-state index is -4.27. The number of nitrogens with one attached hydrogen (secondary N) is 1. The van der Waals surface area contributed by atoms with E-state index >= 15 is 0 Å². The molecule has 2 saturated heterocycles. The first-order chi connectivity index (χ1) is 8.50. The molecule has 0 unspecified atom stereocenters. The summed E-state index contributed by atoms with van der Waals surface area (Å²) in [6, 6.07) is 5.87. The van der Waals surface area contributed by atoms with Crippen LogP contribution in [0.15, 0.2) is 24.3 Å². The van der Waals surface area contributed by atoms with E-state index in [1.807, 2.05) is 4.90 Å². The number of anilines is 1. The Morgan fingerprint density at radius 1 is 1.17 bits per heavy atom. The molecule has 2 nitrogen and oxygen atoms in total. The van der Waals surface area contributed by atoms with Crippen LogP contribution in [0, 0.1) is 5.41 Å². The van der Waals surface area contributed by atoms with Crippen molar-refractivity contribution >= 4 is 5.69 Å². The smallest absolute Gasteiger partial charge is 0.370 e. The number of para-hydroxylation sites is 1. The minimum absolute atomic E-state index is 0.207. The number of hydrogen-bond acceptors (Lipinski definition) is 2. The summed E-state index contributed by atoms with van der Waals surface area (Å²) < 4.78 is 38.9. The van der Waals surface area contributed by atoms with Crippen LogP contribution >= 0.6 is 0 Å². The molecule has 2 heterocycles. The van der Waals surface area contributed by atoms with Crippen molar-refractivity contribution in [3.8, 4) is 0 Å². The molecule has 1 N–H and O–H groups in total. The van der Waals surface area contributed by atoms with Gasteiger partial charge in [0.05, 0.1) is 5.56 Å². The topological polar surface area (TPSA) is 15.3 Å². The van der Waals surface area contributed by atoms with Crippen LogP contribution in [0.2, 0.25) is 0 Å². The summed E-state index contributed by atoms with van der Waals surface area (Å²) in [6.45, 7) is 3.30. The second kappa shape index (κ2) is 3.88. The van der Waals surface area contributed by atoms with Gasteiger partial charge in [-0.3, -0.25) is 0 Å². The van der Waals surface area contributed by atoms with Gasteiger partial charge < -0.3 is 10.2 Å². The van der Waals surface area contributed by atoms with E-state index < -0.39 is 11.7 Å². The molecule has 2 fully saturated rings. The van der Waals surface area contributed by atoms with Crippen LogP contribution in [0.5, 0.6) is 0 Å². The lowest BCUT2D eigenvalue weighted by molar-refractivity contribution is -0.137. The zero-order chi connectivity index (χ0) is 12.8. The average Bonchev–Trinajstić information content (AvgIpc) is 2.72. The lowest BCUT2D eigenvalue weighted by atomic mass is 9.81. The van der Waals surface area contributed by atoms with E-state index in [1.54, 1.807) is 12.1 Å². The van der Waals surface area contributed by atoms with Crippen LogP contribution < -0.4 is 10.2 Å². The molecule has 0 bridgehead atoms. The third kappa shape index (κ3) is 1.86. The number of alkyl halides is 3. The van der Waals surface area contributed by atoms with Gasteiger partial charge in [0.15, 0.2) is 0 Å². The van der Waals surface area contributed by atoms with Crippen LogP contribution in [0.4, 0.5) is 18.9 Å². The van der Waals surface area contributed by atoms with Crippen molar-refractivity contribution < 1.29 is 13.2 Å². The molecule has 0 saturated carbocycles. The maximum Gasteiger partial charge on any atom is 0.418 e. The van der Waals surface area contributed by atoms with E-state index in [2.05, 4.69) is 5.32 Å². The average molecular weight is 256 g/mol. The molecule has 1 aromatic rings. The maximum atomic E-state index is 13.0. The monoisotopic (exact) mass is 256 g/mol. The highest BCUT2D eigenvalue weighted by Gasteiger charge is 2.44. The van der Waals surface area contributed by atoms with Gasteiger partial charge in [0, 0.05) is 37.3 Å². The Bertz CT molecular complexity index is 452. The molecule has 2 aliphatic rings. The zero-order valence-corrected chi connectivity index (χ0v) is 9.93. The van der Waals surface area contributed by atoms with E-state index in [0.717, 1.165) is 32.6 Å². The van der Waals surface area contributed by atoms with Crippen LogP contribution in [0.1, 0.15) is 12.0 Å². The van der Waals surface area contributed by atoms with Crippen molar-refractivity contribution in [3.63, 3.8) is 0 Å². The predicted molar refractivity (Wildman–Crippen MR) is 63.6 cm³/mol. The van der Waals surface area contributed by atoms with Gasteiger partial charge in [0.1, 0.15) is 0 Å². The van der Waals surface area contributed by atoms with Gasteiger partial charge in [-0.2, -0.15) is 13.2 Å². The van der Waals surface area contributed by atoms with Crippen molar-refractivity contribution in [1.29, 1.82) is 0 Å². The fraction of sp³-hybridized carbons (Fsp3) is 0.538. The molecular weight excluding hydrogens is 241 g/mol. The molecule has 0 radical (unpaired) electrons. The SMILES string of the molecule is FC(F)(F)c1ccccc1N1CCC2(CNC2)C1. The van der Waals surface area contributed by atoms with Gasteiger partial charge >= 0.3 is 6.18 Å². The van der Waals surface area contributed by atoms with Crippen molar-refractivity contribution in [3.05, 3.63) is 29.8 Å². The summed E-state index contributed by atoms with van der Waals surface area (Å²) >= 11 is 0. The van der Waals surface area contributed by atoms with Crippen LogP contribution in [0.3, 0.4) is 0 Å². The van der Waals surface area contributed by atoms with Crippen molar-refractivity contribution in [1.82, 2.24) is 5.32 Å². The summed E-state index contributed by atoms with van der Waals surface area (Å²) in [6.07, 6.45) is -3.30. The molecule has 1 aromatic carbocycles. The number of nitrogens with zero attached hydrogens (tertiary/aromatic N) is 1. The Balaban J connectivity index is 1.89. The Kier molecular flexibility index (Phi) is 2.55. The molecule has 0 aromatic heterocycles. The van der Waals surface area contributed by atoms with E-state index in [9.17, 15) is 13.2 Å². The van der Waals surface area contributed by atoms with Gasteiger partial charge in [-0.05, 0) is 18.6 Å². The van der Waals surface area contributed by atoms with Gasteiger partial charge in [-0.25, -0.2) is 0 Å². The van der Waals surface area contributed by atoms with Crippen LogP contribution in [0.25, 0.3) is 0 Å². The summed E-state index contributed by atoms with van der Waals surface area (Å²) in [7, 11) is 0. The molecule has 18 heavy (non-hydrogen) atoms. The highest BCUT2D eigenvalue weighted by molar-refractivity contribution is 5.56. The lowest BCUT2D eigenvalue weighted by Gasteiger charge is -2.39. The highest BCUT2D eigenvalue weighted by atomic mass is 19.4. The number of benzene rings is 1. The molecule has 3 rings (SSSR count). The minimum Gasteiger partial charge on any atom is -0.370 e. The molecular formula is C13H15F3N2. The van der Waals surface area contributed by atoms with Crippen molar-refractivity contribution in [2.75, 3.05) is 31.1 Å². The fourth-order valence-corrected chi connectivity index (χ4v) is 2.90. The molecule has 5 heteroatoms. The molecule has 0 amide bonds. The van der Waals surface area contributed by atoms with Crippen LogP contribution in [-0.4, -0.2) is 26.2 Å². The lowest BCUT2D eigenvalue weighted by Crippen LogP contribution is -2.54. The Hall–Kier alpha value is -1.23. The van der Waals surface area contributed by atoms with Crippen molar-refractivity contribution in [2.45, 2.75) is 12.6 Å². The molecule has 2 aliphatic heterocycles. The van der Waals surface area contributed by atoms with E-state index in [4.69, 9.17) is 0 Å². The predicted octanol–water partition coefficient (Wildman–Crippen LogP) is 2.51. The largest absolute Gasteiger partial charge is 0.418 e. The maximum absolute atomic E-state index is 13.0. The summed E-state index contributed by atoms with van der Waals surface area (Å²) in [5, 5.41) is 3.21. The van der Waals surface area contributed by atoms with Gasteiger partial charge in [-0.1, -0.05) is 12.1 Å². The first-order valence-corrected chi connectivity index (χ1v) is 6.12. The summed E-state index contributed by atoms with van der Waals surface area (Å²) in [5.41, 5.74) is 0.0155. The highest BCUT2D eigenvalue weighted by Crippen LogP contribution is 2.41. The normalized spacial score (nSPS) is 22.3. The molecule has 0 aliphatic carbocycles. The first kappa shape index (κ1) is 11.8. The fourth-order valence-electron chi connectivity index (χ4n) is 2.90. The summed E-state index contributed by atoms with van der Waals surface area (Å²) in [4.78, 5) is 1.88. The zero-order valence-electron chi connectivity index (χ0n) is 9.93. The third-order valence-electron chi connectivity index (χ3n) is 3.99. The number of hydrogen-bond donors (Lipinski definition) is 1. The van der Waals surface area contributed by atoms with Crippen LogP contribution in [-0.2, 0) is 6.18 Å². The van der Waals surface area contributed by atoms with Gasteiger partial charge in [0.25, 0.3) is 0 Å². The second-order valence-electron chi connectivity index (χ2n) is 5.29. The third-order valence-corrected chi connectivity index (χ3v) is 3.99. The van der Waals surface area contributed by atoms with Gasteiger partial charge in [-0.15, -0.1) is 0 Å². The second-order valence-corrected chi connectivity index (χ2v) is 5.29. The van der Waals surface area contributed by atoms with Crippen molar-refractivity contribution in [2.24, 2.45) is 5.41 Å². The quantitative estimate of drug-likeness (QED) is 0.830. The number of halogens is 3. The Morgan fingerprint density at radius 2 is 1.89 bits per heavy atom. The first-order valence-electron chi connectivity index (χ1n) is 6.12. The molecule has 1 spiro atoms. The molecule has 0 atom stereocenters. The Morgan fingerprint density at radius 3 is 2.44 bits per heavy atom. The van der Waals surface area contributed by atoms with Gasteiger partial charge in [0.2, 0.25) is 0 Å². The standard InChI is InChI=1S/C13H15F3N2/c14-13(15,16)10-3-1-2-4-11(10)18-6-5-12(9-18)7-17-8-12/h1-4,17H,5-9H2. The van der Waals surface area contributed by atoms with E-state index in [0.29, 0.717) is 5.69 Å². The number of rotatable bonds is 1. The van der Waals surface area contributed by atoms with E-state index in [1.165, 1.54) is 12.1 Å². The summed E-state index contributed by atoms with van der Waals surface area (Å²) in [5.74, 6) is 0. The Labute approximate surface area is 104 Å². The molecule has 98 valence electrons. The van der Waals surface area contributed by atoms with E-state index in [-0.39, 0.29) is 5.41 Å².